The number of ether oxygens (including phenoxy) is 1. The molecule has 0 aliphatic heterocycles. The summed E-state index contributed by atoms with van der Waals surface area (Å²) in [6.07, 6.45) is 5.53. The molecule has 0 radical (unpaired) electrons. The van der Waals surface area contributed by atoms with Crippen molar-refractivity contribution in [2.75, 3.05) is 11.9 Å². The molecule has 0 aromatic carbocycles. The predicted molar refractivity (Wildman–Crippen MR) is 78.0 cm³/mol. The molecule has 1 aromatic heterocycles. The van der Waals surface area contributed by atoms with Crippen LogP contribution in [0.15, 0.2) is 0 Å². The van der Waals surface area contributed by atoms with Gasteiger partial charge in [0.25, 0.3) is 0 Å². The number of halogens is 1. The van der Waals surface area contributed by atoms with Gasteiger partial charge in [-0.1, -0.05) is 0 Å². The van der Waals surface area contributed by atoms with E-state index >= 15 is 0 Å². The molecule has 0 amide bonds. The fourth-order valence-electron chi connectivity index (χ4n) is 2.65. The van der Waals surface area contributed by atoms with E-state index in [1.54, 1.807) is 0 Å². The third kappa shape index (κ3) is 3.72. The molecule has 0 unspecified atom stereocenters. The highest BCUT2D eigenvalue weighted by molar-refractivity contribution is 6.28. The summed E-state index contributed by atoms with van der Waals surface area (Å²) in [4.78, 5) is 12.4. The topological polar surface area (TPSA) is 59.9 Å². The summed E-state index contributed by atoms with van der Waals surface area (Å²) in [5, 5.41) is 3.49. The van der Waals surface area contributed by atoms with E-state index in [4.69, 9.17) is 16.3 Å². The van der Waals surface area contributed by atoms with Crippen molar-refractivity contribution in [1.82, 2.24) is 15.0 Å². The smallest absolute Gasteiger partial charge is 0.322 e. The van der Waals surface area contributed by atoms with Crippen LogP contribution < -0.4 is 10.1 Å². The van der Waals surface area contributed by atoms with E-state index in [1.807, 2.05) is 13.8 Å². The second-order valence-corrected chi connectivity index (χ2v) is 6.43. The highest BCUT2D eigenvalue weighted by atomic mass is 35.5. The van der Waals surface area contributed by atoms with Crippen LogP contribution in [-0.2, 0) is 0 Å². The maximum atomic E-state index is 5.92. The van der Waals surface area contributed by atoms with E-state index < -0.39 is 0 Å². The summed E-state index contributed by atoms with van der Waals surface area (Å²) < 4.78 is 5.48. The minimum atomic E-state index is 0.0204. The highest BCUT2D eigenvalue weighted by Gasteiger charge is 2.41. The summed E-state index contributed by atoms with van der Waals surface area (Å²) in [6, 6.07) is 0.289. The molecule has 0 bridgehead atoms. The Morgan fingerprint density at radius 1 is 1.15 bits per heavy atom. The van der Waals surface area contributed by atoms with Crippen LogP contribution in [0.25, 0.3) is 0 Å². The molecule has 2 aliphatic carbocycles. The molecule has 1 heterocycles. The molecule has 0 saturated heterocycles. The summed E-state index contributed by atoms with van der Waals surface area (Å²) in [5.41, 5.74) is 0. The van der Waals surface area contributed by atoms with Gasteiger partial charge >= 0.3 is 6.01 Å². The van der Waals surface area contributed by atoms with Crippen LogP contribution in [0.4, 0.5) is 5.95 Å². The van der Waals surface area contributed by atoms with Crippen LogP contribution in [0.1, 0.15) is 39.5 Å². The Labute approximate surface area is 124 Å². The maximum absolute atomic E-state index is 5.92. The molecule has 3 rings (SSSR count). The molecule has 6 heteroatoms. The first-order valence-electron chi connectivity index (χ1n) is 7.44. The van der Waals surface area contributed by atoms with Crippen LogP contribution in [0.5, 0.6) is 6.01 Å². The molecule has 2 fully saturated rings. The number of hydrogen-bond acceptors (Lipinski definition) is 5. The van der Waals surface area contributed by atoms with E-state index in [0.717, 1.165) is 24.3 Å². The van der Waals surface area contributed by atoms with Gasteiger partial charge in [0.05, 0.1) is 6.10 Å². The van der Waals surface area contributed by atoms with E-state index in [1.165, 1.54) is 25.7 Å². The van der Waals surface area contributed by atoms with Gasteiger partial charge < -0.3 is 10.1 Å². The normalized spacial score (nSPS) is 18.6. The Morgan fingerprint density at radius 3 is 2.35 bits per heavy atom. The molecule has 2 saturated carbocycles. The average Bonchev–Trinajstić information content (AvgIpc) is 3.23. The third-order valence-corrected chi connectivity index (χ3v) is 4.05. The Balaban J connectivity index is 1.62. The van der Waals surface area contributed by atoms with Crippen molar-refractivity contribution in [2.24, 2.45) is 17.8 Å². The first-order valence-corrected chi connectivity index (χ1v) is 7.81. The summed E-state index contributed by atoms with van der Waals surface area (Å²) in [7, 11) is 0. The zero-order chi connectivity index (χ0) is 14.1. The van der Waals surface area contributed by atoms with E-state index in [9.17, 15) is 0 Å². The predicted octanol–water partition coefficient (Wildman–Crippen LogP) is 3.16. The molecule has 0 spiro atoms. The molecular formula is C14H21ClN4O. The van der Waals surface area contributed by atoms with Crippen LogP contribution in [0.2, 0.25) is 5.28 Å². The van der Waals surface area contributed by atoms with Gasteiger partial charge in [0, 0.05) is 6.54 Å². The van der Waals surface area contributed by atoms with Crippen molar-refractivity contribution in [3.8, 4) is 6.01 Å². The van der Waals surface area contributed by atoms with E-state index in [-0.39, 0.29) is 17.4 Å². The lowest BCUT2D eigenvalue weighted by Gasteiger charge is -2.16. The molecule has 2 aliphatic rings. The SMILES string of the molecule is CC(C)Oc1nc(Cl)nc(NCC(C2CC2)C2CC2)n1. The van der Waals surface area contributed by atoms with E-state index in [2.05, 4.69) is 20.3 Å². The van der Waals surface area contributed by atoms with Crippen molar-refractivity contribution in [3.63, 3.8) is 0 Å². The lowest BCUT2D eigenvalue weighted by Crippen LogP contribution is -2.20. The minimum Gasteiger partial charge on any atom is -0.461 e. The van der Waals surface area contributed by atoms with Crippen molar-refractivity contribution >= 4 is 17.5 Å². The summed E-state index contributed by atoms with van der Waals surface area (Å²) >= 11 is 5.92. The zero-order valence-electron chi connectivity index (χ0n) is 12.0. The van der Waals surface area contributed by atoms with E-state index in [0.29, 0.717) is 5.95 Å². The third-order valence-electron chi connectivity index (χ3n) is 3.88. The maximum Gasteiger partial charge on any atom is 0.322 e. The Morgan fingerprint density at radius 2 is 1.80 bits per heavy atom. The van der Waals surface area contributed by atoms with Crippen molar-refractivity contribution in [2.45, 2.75) is 45.6 Å². The first-order chi connectivity index (χ1) is 9.61. The van der Waals surface area contributed by atoms with Crippen molar-refractivity contribution < 1.29 is 4.74 Å². The van der Waals surface area contributed by atoms with Crippen LogP contribution in [0.3, 0.4) is 0 Å². The highest BCUT2D eigenvalue weighted by Crippen LogP contribution is 2.49. The number of nitrogens with one attached hydrogen (secondary N) is 1. The standard InChI is InChI=1S/C14H21ClN4O/c1-8(2)20-14-18-12(15)17-13(19-14)16-7-11(9-3-4-9)10-5-6-10/h8-11H,3-7H2,1-2H3,(H,16,17,18,19). The monoisotopic (exact) mass is 296 g/mol. The lowest BCUT2D eigenvalue weighted by atomic mass is 9.98. The zero-order valence-corrected chi connectivity index (χ0v) is 12.7. The molecule has 0 atom stereocenters. The molecule has 20 heavy (non-hydrogen) atoms. The van der Waals surface area contributed by atoms with Gasteiger partial charge in [0.15, 0.2) is 0 Å². The van der Waals surface area contributed by atoms with Gasteiger partial charge in [0.2, 0.25) is 11.2 Å². The summed E-state index contributed by atoms with van der Waals surface area (Å²) in [5.74, 6) is 3.09. The van der Waals surface area contributed by atoms with Crippen molar-refractivity contribution in [3.05, 3.63) is 5.28 Å². The number of nitrogens with zero attached hydrogens (tertiary/aromatic N) is 3. The van der Waals surface area contributed by atoms with Gasteiger partial charge in [-0.2, -0.15) is 15.0 Å². The Bertz CT molecular complexity index is 462. The second-order valence-electron chi connectivity index (χ2n) is 6.10. The van der Waals surface area contributed by atoms with Crippen molar-refractivity contribution in [1.29, 1.82) is 0 Å². The number of anilines is 1. The average molecular weight is 297 g/mol. The quantitative estimate of drug-likeness (QED) is 0.837. The molecule has 110 valence electrons. The molecule has 1 N–H and O–H groups in total. The number of rotatable bonds is 7. The number of aromatic nitrogens is 3. The fraction of sp³-hybridized carbons (Fsp3) is 0.786. The minimum absolute atomic E-state index is 0.0204. The summed E-state index contributed by atoms with van der Waals surface area (Å²) in [6.45, 7) is 4.79. The number of hydrogen-bond donors (Lipinski definition) is 1. The van der Waals surface area contributed by atoms with Crippen LogP contribution >= 0.6 is 11.6 Å². The Kier molecular flexibility index (Phi) is 3.96. The van der Waals surface area contributed by atoms with Gasteiger partial charge in [-0.25, -0.2) is 0 Å². The Hall–Kier alpha value is -1.10. The molecular weight excluding hydrogens is 276 g/mol. The second kappa shape index (κ2) is 5.72. The first kappa shape index (κ1) is 13.9. The van der Waals surface area contributed by atoms with Gasteiger partial charge in [-0.05, 0) is 68.9 Å². The van der Waals surface area contributed by atoms with Crippen LogP contribution in [-0.4, -0.2) is 27.6 Å². The molecule has 1 aromatic rings. The fourth-order valence-corrected chi connectivity index (χ4v) is 2.80. The van der Waals surface area contributed by atoms with Crippen LogP contribution in [0, 0.1) is 17.8 Å². The lowest BCUT2D eigenvalue weighted by molar-refractivity contribution is 0.222. The van der Waals surface area contributed by atoms with Gasteiger partial charge in [-0.15, -0.1) is 0 Å². The largest absolute Gasteiger partial charge is 0.461 e. The van der Waals surface area contributed by atoms with Gasteiger partial charge in [0.1, 0.15) is 0 Å². The van der Waals surface area contributed by atoms with Gasteiger partial charge in [-0.3, -0.25) is 0 Å². The molecule has 5 nitrogen and oxygen atoms in total.